The smallest absolute Gasteiger partial charge is 0.146 e. The van der Waals surface area contributed by atoms with Crippen molar-refractivity contribution < 1.29 is 13.9 Å². The summed E-state index contributed by atoms with van der Waals surface area (Å²) in [6, 6.07) is 5.71. The Hall–Kier alpha value is -1.65. The van der Waals surface area contributed by atoms with Crippen LogP contribution in [0.4, 0.5) is 0 Å². The molecule has 4 nitrogen and oxygen atoms in total. The van der Waals surface area contributed by atoms with Crippen LogP contribution in [0, 0.1) is 0 Å². The van der Waals surface area contributed by atoms with Crippen molar-refractivity contribution >= 4 is 11.6 Å². The summed E-state index contributed by atoms with van der Waals surface area (Å²) in [6.07, 6.45) is 2.53. The van der Waals surface area contributed by atoms with Gasteiger partial charge in [0.15, 0.2) is 0 Å². The molecule has 2 aromatic rings. The van der Waals surface area contributed by atoms with E-state index in [0.717, 1.165) is 23.3 Å². The lowest BCUT2D eigenvalue weighted by Gasteiger charge is -2.21. The van der Waals surface area contributed by atoms with E-state index in [1.165, 1.54) is 0 Å². The lowest BCUT2D eigenvalue weighted by atomic mass is 9.97. The zero-order chi connectivity index (χ0) is 15.4. The summed E-state index contributed by atoms with van der Waals surface area (Å²) >= 11 is 6.35. The van der Waals surface area contributed by atoms with Crippen molar-refractivity contribution in [1.29, 1.82) is 0 Å². The van der Waals surface area contributed by atoms with Gasteiger partial charge < -0.3 is 19.2 Å². The number of aryl methyl sites for hydroxylation is 1. The Morgan fingerprint density at radius 2 is 1.95 bits per heavy atom. The van der Waals surface area contributed by atoms with Crippen LogP contribution in [0.15, 0.2) is 28.9 Å². The van der Waals surface area contributed by atoms with Crippen molar-refractivity contribution in [1.82, 2.24) is 5.32 Å². The molecule has 0 aliphatic rings. The van der Waals surface area contributed by atoms with Gasteiger partial charge >= 0.3 is 0 Å². The second-order valence-electron chi connectivity index (χ2n) is 4.58. The molecular weight excluding hydrogens is 290 g/mol. The minimum Gasteiger partial charge on any atom is -0.495 e. The zero-order valence-electron chi connectivity index (χ0n) is 12.7. The van der Waals surface area contributed by atoms with Crippen LogP contribution in [-0.2, 0) is 6.42 Å². The molecule has 0 spiro atoms. The summed E-state index contributed by atoms with van der Waals surface area (Å²) in [4.78, 5) is 0. The minimum absolute atomic E-state index is 0.0583. The average molecular weight is 310 g/mol. The molecule has 1 aromatic heterocycles. The van der Waals surface area contributed by atoms with E-state index < -0.39 is 0 Å². The molecule has 0 aliphatic carbocycles. The lowest BCUT2D eigenvalue weighted by Crippen LogP contribution is -2.19. The van der Waals surface area contributed by atoms with Crippen LogP contribution in [-0.4, -0.2) is 21.3 Å². The number of furan rings is 1. The number of hydrogen-bond donors (Lipinski definition) is 1. The lowest BCUT2D eigenvalue weighted by molar-refractivity contribution is 0.388. The second kappa shape index (κ2) is 6.87. The highest BCUT2D eigenvalue weighted by Gasteiger charge is 2.23. The van der Waals surface area contributed by atoms with E-state index >= 15 is 0 Å². The first-order valence-electron chi connectivity index (χ1n) is 6.81. The Morgan fingerprint density at radius 1 is 1.19 bits per heavy atom. The van der Waals surface area contributed by atoms with Crippen LogP contribution < -0.4 is 14.8 Å². The van der Waals surface area contributed by atoms with Crippen molar-refractivity contribution in [2.75, 3.05) is 21.3 Å². The highest BCUT2D eigenvalue weighted by molar-refractivity contribution is 6.33. The summed E-state index contributed by atoms with van der Waals surface area (Å²) in [7, 11) is 5.09. The summed E-state index contributed by atoms with van der Waals surface area (Å²) in [6.45, 7) is 2.06. The predicted octanol–water partition coefficient (Wildman–Crippen LogP) is 3.82. The van der Waals surface area contributed by atoms with Crippen molar-refractivity contribution in [3.05, 3.63) is 46.4 Å². The van der Waals surface area contributed by atoms with Gasteiger partial charge in [0.1, 0.15) is 22.3 Å². The molecule has 21 heavy (non-hydrogen) atoms. The van der Waals surface area contributed by atoms with E-state index in [1.54, 1.807) is 20.5 Å². The van der Waals surface area contributed by atoms with Gasteiger partial charge in [-0.2, -0.15) is 0 Å². The van der Waals surface area contributed by atoms with E-state index in [-0.39, 0.29) is 6.04 Å². The van der Waals surface area contributed by atoms with Crippen molar-refractivity contribution in [3.8, 4) is 11.5 Å². The quantitative estimate of drug-likeness (QED) is 0.881. The second-order valence-corrected chi connectivity index (χ2v) is 4.96. The Morgan fingerprint density at radius 3 is 2.52 bits per heavy atom. The highest BCUT2D eigenvalue weighted by atomic mass is 35.5. The van der Waals surface area contributed by atoms with Gasteiger partial charge in [0.2, 0.25) is 0 Å². The highest BCUT2D eigenvalue weighted by Crippen LogP contribution is 2.41. The monoisotopic (exact) mass is 309 g/mol. The Kier molecular flexibility index (Phi) is 5.15. The van der Waals surface area contributed by atoms with Gasteiger partial charge in [-0.3, -0.25) is 0 Å². The van der Waals surface area contributed by atoms with Crippen LogP contribution >= 0.6 is 11.6 Å². The van der Waals surface area contributed by atoms with Gasteiger partial charge in [-0.1, -0.05) is 18.5 Å². The van der Waals surface area contributed by atoms with Crippen LogP contribution in [0.25, 0.3) is 0 Å². The average Bonchev–Trinajstić information content (AvgIpc) is 2.97. The summed E-state index contributed by atoms with van der Waals surface area (Å²) < 4.78 is 16.3. The number of hydrogen-bond acceptors (Lipinski definition) is 4. The SMILES string of the molecule is CCc1occc1C(NC)c1ccc(OC)c(Cl)c1OC. The van der Waals surface area contributed by atoms with Gasteiger partial charge in [0.25, 0.3) is 0 Å². The van der Waals surface area contributed by atoms with Gasteiger partial charge in [0.05, 0.1) is 26.5 Å². The fourth-order valence-corrected chi connectivity index (χ4v) is 2.85. The first kappa shape index (κ1) is 15.7. The first-order chi connectivity index (χ1) is 10.2. The molecule has 0 radical (unpaired) electrons. The number of benzene rings is 1. The number of methoxy groups -OCH3 is 2. The molecular formula is C16H20ClNO3. The van der Waals surface area contributed by atoms with Gasteiger partial charge in [-0.25, -0.2) is 0 Å². The number of ether oxygens (including phenoxy) is 2. The van der Waals surface area contributed by atoms with Crippen LogP contribution in [0.5, 0.6) is 11.5 Å². The molecule has 5 heteroatoms. The number of halogens is 1. The maximum absolute atomic E-state index is 6.35. The maximum atomic E-state index is 6.35. The van der Waals surface area contributed by atoms with Crippen molar-refractivity contribution in [3.63, 3.8) is 0 Å². The first-order valence-corrected chi connectivity index (χ1v) is 7.19. The summed E-state index contributed by atoms with van der Waals surface area (Å²) in [5.41, 5.74) is 2.03. The third-order valence-corrected chi connectivity index (χ3v) is 3.89. The van der Waals surface area contributed by atoms with Crippen LogP contribution in [0.2, 0.25) is 5.02 Å². The van der Waals surface area contributed by atoms with Crippen LogP contribution in [0.3, 0.4) is 0 Å². The Balaban J connectivity index is 2.55. The molecule has 2 rings (SSSR count). The van der Waals surface area contributed by atoms with Crippen molar-refractivity contribution in [2.45, 2.75) is 19.4 Å². The molecule has 0 aliphatic heterocycles. The summed E-state index contributed by atoms with van der Waals surface area (Å²) in [5.74, 6) is 2.15. The van der Waals surface area contributed by atoms with Gasteiger partial charge in [-0.15, -0.1) is 0 Å². The fraction of sp³-hybridized carbons (Fsp3) is 0.375. The summed E-state index contributed by atoms with van der Waals surface area (Å²) in [5, 5.41) is 3.77. The number of nitrogens with one attached hydrogen (secondary N) is 1. The molecule has 0 bridgehead atoms. The van der Waals surface area contributed by atoms with E-state index in [4.69, 9.17) is 25.5 Å². The number of rotatable bonds is 6. The molecule has 0 fully saturated rings. The molecule has 0 saturated heterocycles. The van der Waals surface area contributed by atoms with Gasteiger partial charge in [-0.05, 0) is 25.2 Å². The topological polar surface area (TPSA) is 43.6 Å². The van der Waals surface area contributed by atoms with E-state index in [9.17, 15) is 0 Å². The Labute approximate surface area is 130 Å². The largest absolute Gasteiger partial charge is 0.495 e. The van der Waals surface area contributed by atoms with Crippen LogP contribution in [0.1, 0.15) is 29.9 Å². The molecule has 1 heterocycles. The normalized spacial score (nSPS) is 12.2. The van der Waals surface area contributed by atoms with E-state index in [1.807, 2.05) is 25.2 Å². The molecule has 1 atom stereocenters. The molecule has 114 valence electrons. The Bertz CT molecular complexity index is 610. The predicted molar refractivity (Wildman–Crippen MR) is 83.5 cm³/mol. The van der Waals surface area contributed by atoms with Gasteiger partial charge in [0, 0.05) is 17.5 Å². The maximum Gasteiger partial charge on any atom is 0.146 e. The molecule has 1 unspecified atom stereocenters. The minimum atomic E-state index is -0.0583. The molecule has 0 amide bonds. The standard InChI is InChI=1S/C16H20ClNO3/c1-5-12-10(8-9-21-12)15(18-2)11-6-7-13(19-3)14(17)16(11)20-4/h6-9,15,18H,5H2,1-4H3. The van der Waals surface area contributed by atoms with Crippen molar-refractivity contribution in [2.24, 2.45) is 0 Å². The van der Waals surface area contributed by atoms with E-state index in [0.29, 0.717) is 16.5 Å². The van der Waals surface area contributed by atoms with E-state index in [2.05, 4.69) is 12.2 Å². The third kappa shape index (κ3) is 2.87. The third-order valence-electron chi connectivity index (χ3n) is 3.53. The zero-order valence-corrected chi connectivity index (χ0v) is 13.5. The fourth-order valence-electron chi connectivity index (χ4n) is 2.52. The molecule has 1 N–H and O–H groups in total. The molecule has 1 aromatic carbocycles. The molecule has 0 saturated carbocycles.